The molecule has 1 aromatic carbocycles. The Bertz CT molecular complexity index is 524. The third kappa shape index (κ3) is 3.89. The highest BCUT2D eigenvalue weighted by molar-refractivity contribution is 8.13. The molecule has 0 aliphatic carbocycles. The summed E-state index contributed by atoms with van der Waals surface area (Å²) in [6.07, 6.45) is -0.640. The second kappa shape index (κ2) is 5.58. The smallest absolute Gasteiger partial charge is 0.262 e. The molecule has 1 amide bonds. The quantitative estimate of drug-likeness (QED) is 0.788. The molecule has 0 saturated heterocycles. The Morgan fingerprint density at radius 3 is 2.17 bits per heavy atom. The molecule has 0 heterocycles. The molecule has 18 heavy (non-hydrogen) atoms. The van der Waals surface area contributed by atoms with Gasteiger partial charge in [0.15, 0.2) is 6.10 Å². The van der Waals surface area contributed by atoms with Gasteiger partial charge in [0.2, 0.25) is 0 Å². The van der Waals surface area contributed by atoms with Crippen LogP contribution < -0.4 is 4.74 Å². The first-order chi connectivity index (χ1) is 8.21. The molecule has 1 atom stereocenters. The summed E-state index contributed by atoms with van der Waals surface area (Å²) in [6.45, 7) is 1.62. The normalized spacial score (nSPS) is 12.9. The summed E-state index contributed by atoms with van der Waals surface area (Å²) in [5, 5.41) is 0. The average molecular weight is 292 g/mol. The van der Waals surface area contributed by atoms with E-state index in [1.807, 2.05) is 0 Å². The fraction of sp³-hybridized carbons (Fsp3) is 0.364. The van der Waals surface area contributed by atoms with Crippen molar-refractivity contribution in [1.29, 1.82) is 0 Å². The molecule has 0 aromatic heterocycles. The maximum Gasteiger partial charge on any atom is 0.262 e. The van der Waals surface area contributed by atoms with Crippen LogP contribution in [0.4, 0.5) is 0 Å². The Kier molecular flexibility index (Phi) is 4.59. The molecule has 0 radical (unpaired) electrons. The number of rotatable bonds is 4. The van der Waals surface area contributed by atoms with Crippen LogP contribution in [0, 0.1) is 0 Å². The molecule has 100 valence electrons. The van der Waals surface area contributed by atoms with Crippen molar-refractivity contribution in [2.45, 2.75) is 17.9 Å². The van der Waals surface area contributed by atoms with Gasteiger partial charge in [0, 0.05) is 24.8 Å². The molecular formula is C11H14ClNO4S. The van der Waals surface area contributed by atoms with Crippen LogP contribution in [-0.4, -0.2) is 39.4 Å². The predicted molar refractivity (Wildman–Crippen MR) is 68.3 cm³/mol. The summed E-state index contributed by atoms with van der Waals surface area (Å²) < 4.78 is 27.4. The molecule has 0 bridgehead atoms. The Hall–Kier alpha value is -1.27. The van der Waals surface area contributed by atoms with Crippen molar-refractivity contribution in [2.24, 2.45) is 0 Å². The van der Waals surface area contributed by atoms with Gasteiger partial charge >= 0.3 is 0 Å². The lowest BCUT2D eigenvalue weighted by Gasteiger charge is -2.18. The number of nitrogens with zero attached hydrogens (tertiary/aromatic N) is 1. The first kappa shape index (κ1) is 14.8. The van der Waals surface area contributed by atoms with Gasteiger partial charge < -0.3 is 9.64 Å². The van der Waals surface area contributed by atoms with Gasteiger partial charge in [0.25, 0.3) is 15.0 Å². The minimum absolute atomic E-state index is 0.0110. The van der Waals surface area contributed by atoms with Crippen molar-refractivity contribution >= 4 is 25.6 Å². The van der Waals surface area contributed by atoms with E-state index in [0.717, 1.165) is 0 Å². The molecule has 5 nitrogen and oxygen atoms in total. The summed E-state index contributed by atoms with van der Waals surface area (Å²) in [7, 11) is 4.70. The highest BCUT2D eigenvalue weighted by Crippen LogP contribution is 2.20. The molecule has 0 fully saturated rings. The number of hydrogen-bond acceptors (Lipinski definition) is 4. The van der Waals surface area contributed by atoms with E-state index in [-0.39, 0.29) is 10.8 Å². The summed E-state index contributed by atoms with van der Waals surface area (Å²) in [5.74, 6) is 0.228. The van der Waals surface area contributed by atoms with E-state index in [9.17, 15) is 13.2 Å². The van der Waals surface area contributed by atoms with Crippen LogP contribution in [0.1, 0.15) is 6.92 Å². The molecule has 1 rings (SSSR count). The number of hydrogen-bond donors (Lipinski definition) is 0. The van der Waals surface area contributed by atoms with Gasteiger partial charge in [-0.25, -0.2) is 8.42 Å². The van der Waals surface area contributed by atoms with Crippen molar-refractivity contribution < 1.29 is 17.9 Å². The van der Waals surface area contributed by atoms with Crippen LogP contribution in [0.5, 0.6) is 5.75 Å². The third-order valence-electron chi connectivity index (χ3n) is 2.21. The molecule has 0 aliphatic heterocycles. The highest BCUT2D eigenvalue weighted by Gasteiger charge is 2.17. The molecule has 1 aromatic rings. The summed E-state index contributed by atoms with van der Waals surface area (Å²) in [6, 6.07) is 5.55. The van der Waals surface area contributed by atoms with E-state index in [1.54, 1.807) is 21.0 Å². The highest BCUT2D eigenvalue weighted by atomic mass is 35.7. The van der Waals surface area contributed by atoms with E-state index in [4.69, 9.17) is 15.4 Å². The molecular weight excluding hydrogens is 278 g/mol. The van der Waals surface area contributed by atoms with Crippen molar-refractivity contribution in [1.82, 2.24) is 4.90 Å². The van der Waals surface area contributed by atoms with Crippen molar-refractivity contribution in [3.05, 3.63) is 24.3 Å². The molecule has 0 spiro atoms. The van der Waals surface area contributed by atoms with Gasteiger partial charge in [-0.05, 0) is 31.2 Å². The minimum Gasteiger partial charge on any atom is -0.481 e. The molecule has 7 heteroatoms. The maximum atomic E-state index is 11.6. The van der Waals surface area contributed by atoms with Crippen LogP contribution in [0.25, 0.3) is 0 Å². The summed E-state index contributed by atoms with van der Waals surface area (Å²) >= 11 is 0. The summed E-state index contributed by atoms with van der Waals surface area (Å²) in [4.78, 5) is 13.0. The fourth-order valence-corrected chi connectivity index (χ4v) is 2.07. The zero-order valence-electron chi connectivity index (χ0n) is 10.3. The number of carbonyl (C=O) groups excluding carboxylic acids is 1. The predicted octanol–water partition coefficient (Wildman–Crippen LogP) is 1.47. The third-order valence-corrected chi connectivity index (χ3v) is 3.58. The minimum atomic E-state index is -3.74. The lowest BCUT2D eigenvalue weighted by molar-refractivity contribution is -0.135. The van der Waals surface area contributed by atoms with Crippen molar-refractivity contribution in [3.63, 3.8) is 0 Å². The first-order valence-electron chi connectivity index (χ1n) is 5.14. The SMILES string of the molecule is CC(Oc1ccc(S(=O)(=O)Cl)cc1)C(=O)N(C)C. The Labute approximate surface area is 111 Å². The van der Waals surface area contributed by atoms with Crippen LogP contribution in [0.15, 0.2) is 29.2 Å². The number of halogens is 1. The molecule has 0 aliphatic rings. The maximum absolute atomic E-state index is 11.6. The topological polar surface area (TPSA) is 63.7 Å². The second-order valence-electron chi connectivity index (χ2n) is 3.90. The average Bonchev–Trinajstić information content (AvgIpc) is 2.27. The Morgan fingerprint density at radius 2 is 1.78 bits per heavy atom. The number of benzene rings is 1. The van der Waals surface area contributed by atoms with E-state index < -0.39 is 15.2 Å². The van der Waals surface area contributed by atoms with Gasteiger partial charge in [-0.3, -0.25) is 4.79 Å². The lowest BCUT2D eigenvalue weighted by atomic mass is 10.3. The first-order valence-corrected chi connectivity index (χ1v) is 7.45. The van der Waals surface area contributed by atoms with Gasteiger partial charge in [0.05, 0.1) is 4.90 Å². The fourth-order valence-electron chi connectivity index (χ4n) is 1.30. The zero-order valence-corrected chi connectivity index (χ0v) is 11.8. The Balaban J connectivity index is 2.79. The van der Waals surface area contributed by atoms with Crippen LogP contribution in [0.2, 0.25) is 0 Å². The monoisotopic (exact) mass is 291 g/mol. The van der Waals surface area contributed by atoms with Crippen LogP contribution in [-0.2, 0) is 13.8 Å². The molecule has 0 saturated carbocycles. The second-order valence-corrected chi connectivity index (χ2v) is 6.47. The molecule has 1 unspecified atom stereocenters. The van der Waals surface area contributed by atoms with E-state index in [1.165, 1.54) is 29.2 Å². The number of likely N-dealkylation sites (N-methyl/N-ethyl adjacent to an activating group) is 1. The van der Waals surface area contributed by atoms with Gasteiger partial charge in [-0.2, -0.15) is 0 Å². The number of amides is 1. The van der Waals surface area contributed by atoms with Gasteiger partial charge in [-0.1, -0.05) is 0 Å². The van der Waals surface area contributed by atoms with E-state index in [0.29, 0.717) is 5.75 Å². The van der Waals surface area contributed by atoms with Gasteiger partial charge in [-0.15, -0.1) is 0 Å². The lowest BCUT2D eigenvalue weighted by Crippen LogP contribution is -2.35. The number of carbonyl (C=O) groups is 1. The standard InChI is InChI=1S/C11H14ClNO4S/c1-8(11(14)13(2)3)17-9-4-6-10(7-5-9)18(12,15)16/h4-8H,1-3H3. The van der Waals surface area contributed by atoms with Crippen LogP contribution in [0.3, 0.4) is 0 Å². The van der Waals surface area contributed by atoms with Gasteiger partial charge in [0.1, 0.15) is 5.75 Å². The summed E-state index contributed by atoms with van der Waals surface area (Å²) in [5.41, 5.74) is 0. The van der Waals surface area contributed by atoms with E-state index >= 15 is 0 Å². The van der Waals surface area contributed by atoms with Crippen LogP contribution >= 0.6 is 10.7 Å². The largest absolute Gasteiger partial charge is 0.481 e. The number of ether oxygens (including phenoxy) is 1. The molecule has 0 N–H and O–H groups in total. The van der Waals surface area contributed by atoms with Crippen molar-refractivity contribution in [3.8, 4) is 5.75 Å². The Morgan fingerprint density at radius 1 is 1.28 bits per heavy atom. The van der Waals surface area contributed by atoms with E-state index in [2.05, 4.69) is 0 Å². The van der Waals surface area contributed by atoms with Crippen molar-refractivity contribution in [2.75, 3.05) is 14.1 Å². The zero-order chi connectivity index (χ0) is 13.9.